The molecular weight excluding hydrogens is 262 g/mol. The summed E-state index contributed by atoms with van der Waals surface area (Å²) in [4.78, 5) is 4.26. The Morgan fingerprint density at radius 1 is 1.21 bits per heavy atom. The van der Waals surface area contributed by atoms with Crippen LogP contribution in [0.1, 0.15) is 0 Å². The highest BCUT2D eigenvalue weighted by Gasteiger charge is 2.10. The fourth-order valence-electron chi connectivity index (χ4n) is 1.83. The quantitative estimate of drug-likeness (QED) is 0.574. The number of thiophene rings is 1. The molecular formula is C13H10BFN2OS. The van der Waals surface area contributed by atoms with E-state index in [9.17, 15) is 4.39 Å². The molecule has 19 heavy (non-hydrogen) atoms. The van der Waals surface area contributed by atoms with Gasteiger partial charge in [0, 0.05) is 24.0 Å². The second kappa shape index (κ2) is 4.55. The molecule has 6 heteroatoms. The highest BCUT2D eigenvalue weighted by Crippen LogP contribution is 2.32. The summed E-state index contributed by atoms with van der Waals surface area (Å²) in [5.74, 6) is 0.290. The number of fused-ring (bicyclic) bond motifs is 1. The fourth-order valence-corrected chi connectivity index (χ4v) is 2.75. The van der Waals surface area contributed by atoms with Crippen LogP contribution in [-0.2, 0) is 0 Å². The summed E-state index contributed by atoms with van der Waals surface area (Å²) in [7, 11) is 2.00. The molecule has 94 valence electrons. The van der Waals surface area contributed by atoms with Crippen LogP contribution in [0.3, 0.4) is 0 Å². The zero-order chi connectivity index (χ0) is 13.4. The zero-order valence-corrected chi connectivity index (χ0v) is 11.0. The van der Waals surface area contributed by atoms with Crippen molar-refractivity contribution >= 4 is 39.9 Å². The van der Waals surface area contributed by atoms with Gasteiger partial charge in [-0.25, -0.2) is 4.39 Å². The third kappa shape index (κ3) is 2.26. The summed E-state index contributed by atoms with van der Waals surface area (Å²) in [5, 5.41) is 0. The van der Waals surface area contributed by atoms with Crippen LogP contribution in [-0.4, -0.2) is 12.8 Å². The van der Waals surface area contributed by atoms with Crippen molar-refractivity contribution < 1.29 is 9.13 Å². The first kappa shape index (κ1) is 12.0. The van der Waals surface area contributed by atoms with E-state index in [1.807, 2.05) is 13.9 Å². The van der Waals surface area contributed by atoms with E-state index in [1.54, 1.807) is 29.7 Å². The van der Waals surface area contributed by atoms with Crippen LogP contribution in [0.25, 0.3) is 10.2 Å². The average Bonchev–Trinajstić information content (AvgIpc) is 2.74. The lowest BCUT2D eigenvalue weighted by molar-refractivity contribution is 0.447. The van der Waals surface area contributed by atoms with Crippen LogP contribution < -0.4 is 15.2 Å². The number of aromatic nitrogens is 1. The molecule has 0 aliphatic carbocycles. The van der Waals surface area contributed by atoms with Gasteiger partial charge >= 0.3 is 0 Å². The predicted octanol–water partition coefficient (Wildman–Crippen LogP) is 2.07. The Morgan fingerprint density at radius 2 is 2.05 bits per heavy atom. The topological polar surface area (TPSA) is 48.1 Å². The van der Waals surface area contributed by atoms with E-state index in [2.05, 4.69) is 4.98 Å². The maximum atomic E-state index is 13.7. The number of ether oxygens (including phenoxy) is 1. The van der Waals surface area contributed by atoms with Crippen molar-refractivity contribution in [2.24, 2.45) is 0 Å². The molecule has 0 spiro atoms. The van der Waals surface area contributed by atoms with Gasteiger partial charge in [0.25, 0.3) is 0 Å². The maximum absolute atomic E-state index is 13.7. The van der Waals surface area contributed by atoms with Crippen LogP contribution in [0.4, 0.5) is 10.1 Å². The van der Waals surface area contributed by atoms with Gasteiger partial charge in [-0.15, -0.1) is 11.3 Å². The molecule has 0 saturated heterocycles. The minimum Gasteiger partial charge on any atom is -0.453 e. The number of anilines is 1. The largest absolute Gasteiger partial charge is 0.453 e. The number of benzene rings is 1. The molecule has 0 aliphatic heterocycles. The first-order valence-electron chi connectivity index (χ1n) is 5.71. The van der Waals surface area contributed by atoms with Gasteiger partial charge in [0.15, 0.2) is 19.4 Å². The standard InChI is InChI=1S/C13H10BFN2OS/c14-12-6-9-13(19-12)11(3-4-17-9)18-10-2-1-7(16)5-8(10)15/h1-6H,14,16H2. The third-order valence-corrected chi connectivity index (χ3v) is 3.73. The Kier molecular flexibility index (Phi) is 2.87. The first-order valence-corrected chi connectivity index (χ1v) is 6.53. The Hall–Kier alpha value is -2.08. The monoisotopic (exact) mass is 272 g/mol. The van der Waals surface area contributed by atoms with Crippen LogP contribution >= 0.6 is 11.3 Å². The number of nitrogens with zero attached hydrogens (tertiary/aromatic N) is 1. The van der Waals surface area contributed by atoms with Gasteiger partial charge < -0.3 is 10.5 Å². The summed E-state index contributed by atoms with van der Waals surface area (Å²) < 4.78 is 21.4. The molecule has 0 saturated carbocycles. The zero-order valence-electron chi connectivity index (χ0n) is 10.2. The van der Waals surface area contributed by atoms with Crippen molar-refractivity contribution in [1.29, 1.82) is 0 Å². The fraction of sp³-hybridized carbons (Fsp3) is 0. The van der Waals surface area contributed by atoms with Crippen molar-refractivity contribution in [2.45, 2.75) is 0 Å². The summed E-state index contributed by atoms with van der Waals surface area (Å²) in [6, 6.07) is 8.08. The number of nitrogens with two attached hydrogens (primary N) is 1. The second-order valence-electron chi connectivity index (χ2n) is 4.17. The summed E-state index contributed by atoms with van der Waals surface area (Å²) >= 11 is 1.57. The Balaban J connectivity index is 2.05. The van der Waals surface area contributed by atoms with Crippen molar-refractivity contribution in [3.8, 4) is 11.5 Å². The van der Waals surface area contributed by atoms with Crippen molar-refractivity contribution in [1.82, 2.24) is 4.98 Å². The number of rotatable bonds is 2. The van der Waals surface area contributed by atoms with E-state index in [0.717, 1.165) is 15.0 Å². The molecule has 2 aromatic heterocycles. The molecule has 0 amide bonds. The van der Waals surface area contributed by atoms with Gasteiger partial charge in [0.2, 0.25) is 0 Å². The van der Waals surface area contributed by atoms with Gasteiger partial charge in [-0.3, -0.25) is 4.98 Å². The Bertz CT molecular complexity index is 759. The summed E-state index contributed by atoms with van der Waals surface area (Å²) in [6.07, 6.45) is 1.65. The predicted molar refractivity (Wildman–Crippen MR) is 78.7 cm³/mol. The molecule has 0 fully saturated rings. The van der Waals surface area contributed by atoms with Crippen LogP contribution in [0, 0.1) is 5.82 Å². The molecule has 3 rings (SSSR count). The normalized spacial score (nSPS) is 10.8. The number of hydrogen-bond donors (Lipinski definition) is 1. The van der Waals surface area contributed by atoms with E-state index in [0.29, 0.717) is 11.4 Å². The molecule has 2 N–H and O–H groups in total. The van der Waals surface area contributed by atoms with E-state index in [1.165, 1.54) is 12.1 Å². The molecule has 0 bridgehead atoms. The molecule has 3 nitrogen and oxygen atoms in total. The minimum absolute atomic E-state index is 0.160. The Labute approximate surface area is 114 Å². The van der Waals surface area contributed by atoms with Crippen LogP contribution in [0.2, 0.25) is 0 Å². The number of hydrogen-bond acceptors (Lipinski definition) is 4. The van der Waals surface area contributed by atoms with Crippen LogP contribution in [0.15, 0.2) is 36.5 Å². The van der Waals surface area contributed by atoms with Crippen molar-refractivity contribution in [3.63, 3.8) is 0 Å². The van der Waals surface area contributed by atoms with E-state index in [-0.39, 0.29) is 5.75 Å². The number of nitrogen functional groups attached to an aromatic ring is 1. The minimum atomic E-state index is -0.474. The molecule has 0 radical (unpaired) electrons. The third-order valence-electron chi connectivity index (χ3n) is 2.67. The maximum Gasteiger partial charge on any atom is 0.167 e. The first-order chi connectivity index (χ1) is 9.13. The lowest BCUT2D eigenvalue weighted by Crippen LogP contribution is -1.91. The molecule has 1 aromatic carbocycles. The molecule has 0 unspecified atom stereocenters. The van der Waals surface area contributed by atoms with E-state index >= 15 is 0 Å². The van der Waals surface area contributed by atoms with E-state index < -0.39 is 5.82 Å². The van der Waals surface area contributed by atoms with Gasteiger partial charge in [0.05, 0.1) is 10.2 Å². The van der Waals surface area contributed by atoms with Crippen molar-refractivity contribution in [2.75, 3.05) is 5.73 Å². The smallest absolute Gasteiger partial charge is 0.167 e. The van der Waals surface area contributed by atoms with Gasteiger partial charge in [0.1, 0.15) is 5.75 Å². The molecule has 2 heterocycles. The molecule has 0 atom stereocenters. The van der Waals surface area contributed by atoms with E-state index in [4.69, 9.17) is 10.5 Å². The van der Waals surface area contributed by atoms with Gasteiger partial charge in [-0.1, -0.05) is 0 Å². The van der Waals surface area contributed by atoms with Crippen molar-refractivity contribution in [3.05, 3.63) is 42.3 Å². The summed E-state index contributed by atoms with van der Waals surface area (Å²) in [5.41, 5.74) is 6.74. The van der Waals surface area contributed by atoms with Crippen LogP contribution in [0.5, 0.6) is 11.5 Å². The summed E-state index contributed by atoms with van der Waals surface area (Å²) in [6.45, 7) is 0. The number of halogens is 1. The molecule has 0 aliphatic rings. The van der Waals surface area contributed by atoms with Gasteiger partial charge in [-0.2, -0.15) is 0 Å². The SMILES string of the molecule is Bc1cc2nccc(Oc3ccc(N)cc3F)c2s1. The number of pyridine rings is 1. The lowest BCUT2D eigenvalue weighted by Gasteiger charge is -2.07. The average molecular weight is 272 g/mol. The highest BCUT2D eigenvalue weighted by atomic mass is 32.1. The highest BCUT2D eigenvalue weighted by molar-refractivity contribution is 7.26. The Morgan fingerprint density at radius 3 is 2.84 bits per heavy atom. The lowest BCUT2D eigenvalue weighted by atomic mass is 10.1. The molecule has 3 aromatic rings. The second-order valence-corrected chi connectivity index (χ2v) is 5.43. The van der Waals surface area contributed by atoms with Gasteiger partial charge in [-0.05, 0) is 23.0 Å².